The van der Waals surface area contributed by atoms with Crippen LogP contribution >= 0.6 is 0 Å². The molecule has 32 heavy (non-hydrogen) atoms. The molecule has 0 saturated heterocycles. The summed E-state index contributed by atoms with van der Waals surface area (Å²) in [6.45, 7) is 3.93. The zero-order valence-corrected chi connectivity index (χ0v) is 18.4. The van der Waals surface area contributed by atoms with E-state index in [4.69, 9.17) is 0 Å². The predicted molar refractivity (Wildman–Crippen MR) is 114 cm³/mol. The van der Waals surface area contributed by atoms with Crippen LogP contribution in [0.5, 0.6) is 0 Å². The average Bonchev–Trinajstić information content (AvgIpc) is 2.75. The number of aryl methyl sites for hydroxylation is 1. The van der Waals surface area contributed by atoms with Crippen molar-refractivity contribution in [3.05, 3.63) is 59.2 Å². The van der Waals surface area contributed by atoms with Gasteiger partial charge >= 0.3 is 12.1 Å². The number of hydrogen-bond donors (Lipinski definition) is 0. The SMILES string of the molecule is CCCCCc1ccc(-c2ccc(C(=O)OC(CCCCC)C(F)(F)F)c(F)c2F)cc1. The van der Waals surface area contributed by atoms with Crippen molar-refractivity contribution in [3.8, 4) is 11.1 Å². The average molecular weight is 456 g/mol. The number of carbonyl (C=O) groups excluding carboxylic acids is 1. The van der Waals surface area contributed by atoms with Crippen LogP contribution in [0.25, 0.3) is 11.1 Å². The maximum absolute atomic E-state index is 14.7. The molecule has 0 aliphatic carbocycles. The fourth-order valence-corrected chi connectivity index (χ4v) is 3.42. The van der Waals surface area contributed by atoms with Crippen LogP contribution in [0.15, 0.2) is 36.4 Å². The first kappa shape index (κ1) is 25.8. The lowest BCUT2D eigenvalue weighted by molar-refractivity contribution is -0.206. The van der Waals surface area contributed by atoms with Crippen LogP contribution < -0.4 is 0 Å². The second kappa shape index (κ2) is 12.0. The molecule has 0 amide bonds. The molecule has 0 bridgehead atoms. The number of halogens is 5. The summed E-state index contributed by atoms with van der Waals surface area (Å²) in [5.74, 6) is -4.35. The van der Waals surface area contributed by atoms with Crippen LogP contribution in [0.2, 0.25) is 0 Å². The normalized spacial score (nSPS) is 12.6. The number of carbonyl (C=O) groups is 1. The molecule has 0 spiro atoms. The predicted octanol–water partition coefficient (Wildman–Crippen LogP) is 8.03. The Bertz CT molecular complexity index is 875. The largest absolute Gasteiger partial charge is 0.449 e. The molecule has 2 aromatic rings. The summed E-state index contributed by atoms with van der Waals surface area (Å²) in [4.78, 5) is 12.2. The van der Waals surface area contributed by atoms with Crippen LogP contribution in [-0.4, -0.2) is 18.2 Å². The van der Waals surface area contributed by atoms with Gasteiger partial charge in [0.15, 0.2) is 17.7 Å². The van der Waals surface area contributed by atoms with Crippen molar-refractivity contribution in [2.24, 2.45) is 0 Å². The molecule has 7 heteroatoms. The Hall–Kier alpha value is -2.44. The van der Waals surface area contributed by atoms with Crippen LogP contribution in [0.3, 0.4) is 0 Å². The molecule has 0 radical (unpaired) electrons. The van der Waals surface area contributed by atoms with Gasteiger partial charge in [-0.2, -0.15) is 13.2 Å². The minimum absolute atomic E-state index is 0.0746. The second-order valence-electron chi connectivity index (χ2n) is 7.87. The van der Waals surface area contributed by atoms with E-state index in [0.29, 0.717) is 18.4 Å². The first-order chi connectivity index (χ1) is 15.2. The molecule has 176 valence electrons. The van der Waals surface area contributed by atoms with Crippen molar-refractivity contribution in [1.29, 1.82) is 0 Å². The minimum atomic E-state index is -4.78. The van der Waals surface area contributed by atoms with E-state index in [1.165, 1.54) is 6.07 Å². The Morgan fingerprint density at radius 1 is 0.875 bits per heavy atom. The smallest absolute Gasteiger partial charge is 0.425 e. The number of alkyl halides is 3. The van der Waals surface area contributed by atoms with Gasteiger partial charge < -0.3 is 4.74 Å². The van der Waals surface area contributed by atoms with E-state index in [-0.39, 0.29) is 12.0 Å². The minimum Gasteiger partial charge on any atom is -0.449 e. The number of unbranched alkanes of at least 4 members (excludes halogenated alkanes) is 4. The summed E-state index contributed by atoms with van der Waals surface area (Å²) in [6.07, 6.45) is -2.00. The molecule has 0 aliphatic rings. The Morgan fingerprint density at radius 2 is 1.50 bits per heavy atom. The summed E-state index contributed by atoms with van der Waals surface area (Å²) in [7, 11) is 0. The van der Waals surface area contributed by atoms with E-state index in [2.05, 4.69) is 11.7 Å². The van der Waals surface area contributed by atoms with Gasteiger partial charge in [0.1, 0.15) is 0 Å². The maximum Gasteiger partial charge on any atom is 0.425 e. The third kappa shape index (κ3) is 7.04. The topological polar surface area (TPSA) is 26.3 Å². The highest BCUT2D eigenvalue weighted by atomic mass is 19.4. The Morgan fingerprint density at radius 3 is 2.09 bits per heavy atom. The lowest BCUT2D eigenvalue weighted by Crippen LogP contribution is -2.34. The Labute approximate surface area is 185 Å². The first-order valence-corrected chi connectivity index (χ1v) is 11.0. The highest BCUT2D eigenvalue weighted by molar-refractivity contribution is 5.90. The van der Waals surface area contributed by atoms with E-state index >= 15 is 0 Å². The number of benzene rings is 2. The van der Waals surface area contributed by atoms with Crippen molar-refractivity contribution in [2.45, 2.75) is 77.5 Å². The molecule has 0 heterocycles. The molecule has 0 saturated carbocycles. The van der Waals surface area contributed by atoms with Crippen LogP contribution in [0.1, 0.15) is 74.7 Å². The molecule has 2 rings (SSSR count). The zero-order chi connectivity index (χ0) is 23.7. The summed E-state index contributed by atoms with van der Waals surface area (Å²) < 4.78 is 73.3. The lowest BCUT2D eigenvalue weighted by atomic mass is 9.99. The molecule has 2 nitrogen and oxygen atoms in total. The van der Waals surface area contributed by atoms with Crippen LogP contribution in [0.4, 0.5) is 22.0 Å². The van der Waals surface area contributed by atoms with Gasteiger partial charge in [0.25, 0.3) is 0 Å². The number of esters is 1. The maximum atomic E-state index is 14.7. The van der Waals surface area contributed by atoms with E-state index in [0.717, 1.165) is 37.3 Å². The summed E-state index contributed by atoms with van der Waals surface area (Å²) in [5.41, 5.74) is 0.555. The molecule has 0 fully saturated rings. The van der Waals surface area contributed by atoms with Crippen molar-refractivity contribution in [1.82, 2.24) is 0 Å². The van der Waals surface area contributed by atoms with Gasteiger partial charge in [-0.15, -0.1) is 0 Å². The summed E-state index contributed by atoms with van der Waals surface area (Å²) >= 11 is 0. The molecule has 0 aliphatic heterocycles. The number of rotatable bonds is 11. The molecular formula is C25H29F5O2. The van der Waals surface area contributed by atoms with E-state index in [1.54, 1.807) is 12.1 Å². The number of ether oxygens (including phenoxy) is 1. The van der Waals surface area contributed by atoms with Crippen molar-refractivity contribution >= 4 is 5.97 Å². The highest BCUT2D eigenvalue weighted by Gasteiger charge is 2.42. The van der Waals surface area contributed by atoms with Gasteiger partial charge in [0.05, 0.1) is 5.56 Å². The van der Waals surface area contributed by atoms with Gasteiger partial charge in [0, 0.05) is 5.56 Å². The molecule has 1 atom stereocenters. The third-order valence-corrected chi connectivity index (χ3v) is 5.32. The van der Waals surface area contributed by atoms with Gasteiger partial charge in [-0.25, -0.2) is 13.6 Å². The van der Waals surface area contributed by atoms with E-state index < -0.39 is 41.9 Å². The number of hydrogen-bond acceptors (Lipinski definition) is 2. The van der Waals surface area contributed by atoms with Gasteiger partial charge in [-0.05, 0) is 42.9 Å². The van der Waals surface area contributed by atoms with E-state index in [9.17, 15) is 26.7 Å². The molecule has 0 N–H and O–H groups in total. The van der Waals surface area contributed by atoms with Crippen LogP contribution in [0, 0.1) is 11.6 Å². The van der Waals surface area contributed by atoms with Crippen molar-refractivity contribution in [2.75, 3.05) is 0 Å². The van der Waals surface area contributed by atoms with Gasteiger partial charge in [-0.1, -0.05) is 69.9 Å². The quantitative estimate of drug-likeness (QED) is 0.194. The summed E-state index contributed by atoms with van der Waals surface area (Å²) in [5, 5.41) is 0. The Kier molecular flexibility index (Phi) is 9.66. The standard InChI is InChI=1S/C25H29F5O2/c1-3-5-7-9-17-11-13-18(14-12-17)19-15-16-20(23(27)22(19)26)24(31)32-21(25(28,29)30)10-8-6-4-2/h11-16,21H,3-10H2,1-2H3. The molecular weight excluding hydrogens is 427 g/mol. The zero-order valence-electron chi connectivity index (χ0n) is 18.4. The summed E-state index contributed by atoms with van der Waals surface area (Å²) in [6, 6.07) is 9.12. The molecule has 0 aromatic heterocycles. The van der Waals surface area contributed by atoms with Crippen LogP contribution in [-0.2, 0) is 11.2 Å². The lowest BCUT2D eigenvalue weighted by Gasteiger charge is -2.21. The second-order valence-corrected chi connectivity index (χ2v) is 7.87. The fraction of sp³-hybridized carbons (Fsp3) is 0.480. The first-order valence-electron chi connectivity index (χ1n) is 11.0. The van der Waals surface area contributed by atoms with Gasteiger partial charge in [0.2, 0.25) is 0 Å². The van der Waals surface area contributed by atoms with Gasteiger partial charge in [-0.3, -0.25) is 0 Å². The fourth-order valence-electron chi connectivity index (χ4n) is 3.42. The highest BCUT2D eigenvalue weighted by Crippen LogP contribution is 2.30. The molecule has 1 unspecified atom stereocenters. The van der Waals surface area contributed by atoms with Crippen molar-refractivity contribution in [3.63, 3.8) is 0 Å². The van der Waals surface area contributed by atoms with Crippen molar-refractivity contribution < 1.29 is 31.5 Å². The molecule has 2 aromatic carbocycles. The third-order valence-electron chi connectivity index (χ3n) is 5.32. The Balaban J connectivity index is 2.18. The monoisotopic (exact) mass is 456 g/mol. The van der Waals surface area contributed by atoms with E-state index in [1.807, 2.05) is 19.1 Å².